The average Bonchev–Trinajstić information content (AvgIpc) is 3.20. The fourth-order valence-corrected chi connectivity index (χ4v) is 5.29. The monoisotopic (exact) mass is 487 g/mol. The third-order valence-electron chi connectivity index (χ3n) is 6.97. The van der Waals surface area contributed by atoms with Gasteiger partial charge >= 0.3 is 0 Å². The molecule has 2 aromatic heterocycles. The first-order valence-electron chi connectivity index (χ1n) is 12.1. The molecule has 3 heterocycles. The fraction of sp³-hybridized carbons (Fsp3) is 0.321. The number of halogens is 1. The maximum Gasteiger partial charge on any atom is 0.223 e. The fourth-order valence-electron chi connectivity index (χ4n) is 5.10. The molecule has 5 rings (SSSR count). The van der Waals surface area contributed by atoms with Gasteiger partial charge in [0.15, 0.2) is 5.65 Å². The molecule has 1 fully saturated rings. The first kappa shape index (κ1) is 23.4. The van der Waals surface area contributed by atoms with E-state index < -0.39 is 0 Å². The minimum absolute atomic E-state index is 0.200. The Balaban J connectivity index is 1.29. The van der Waals surface area contributed by atoms with Crippen LogP contribution in [0.4, 0.5) is 5.69 Å². The van der Waals surface area contributed by atoms with E-state index in [0.29, 0.717) is 12.8 Å². The highest BCUT2D eigenvalue weighted by Crippen LogP contribution is 2.28. The molecule has 180 valence electrons. The lowest BCUT2D eigenvalue weighted by Crippen LogP contribution is -2.48. The van der Waals surface area contributed by atoms with E-state index in [1.54, 1.807) is 0 Å². The van der Waals surface area contributed by atoms with Crippen LogP contribution in [0.3, 0.4) is 0 Å². The number of benzene rings is 2. The molecule has 0 radical (unpaired) electrons. The number of nitrogens with zero attached hydrogens (tertiary/aromatic N) is 5. The summed E-state index contributed by atoms with van der Waals surface area (Å²) in [4.78, 5) is 22.3. The number of amides is 1. The van der Waals surface area contributed by atoms with Crippen molar-refractivity contribution < 1.29 is 4.79 Å². The average molecular weight is 488 g/mol. The Morgan fingerprint density at radius 1 is 0.914 bits per heavy atom. The molecule has 35 heavy (non-hydrogen) atoms. The molecular weight excluding hydrogens is 458 g/mol. The van der Waals surface area contributed by atoms with Crippen LogP contribution < -0.4 is 4.90 Å². The maximum atomic E-state index is 13.1. The van der Waals surface area contributed by atoms with Crippen LogP contribution in [-0.4, -0.2) is 51.8 Å². The van der Waals surface area contributed by atoms with Gasteiger partial charge in [0.05, 0.1) is 11.4 Å². The normalized spacial score (nSPS) is 14.1. The lowest BCUT2D eigenvalue weighted by molar-refractivity contribution is -0.131. The number of hydrogen-bond donors (Lipinski definition) is 0. The number of aryl methyl sites for hydroxylation is 3. The van der Waals surface area contributed by atoms with Crippen LogP contribution in [0.1, 0.15) is 28.9 Å². The Kier molecular flexibility index (Phi) is 6.48. The molecule has 0 N–H and O–H groups in total. The summed E-state index contributed by atoms with van der Waals surface area (Å²) in [5, 5.41) is 6.59. The van der Waals surface area contributed by atoms with Gasteiger partial charge in [0, 0.05) is 54.4 Å². The third-order valence-corrected chi connectivity index (χ3v) is 7.20. The predicted octanol–water partition coefficient (Wildman–Crippen LogP) is 5.28. The van der Waals surface area contributed by atoms with Crippen LogP contribution in [0, 0.1) is 20.8 Å². The molecule has 7 heteroatoms. The van der Waals surface area contributed by atoms with Crippen LogP contribution in [0.2, 0.25) is 5.02 Å². The van der Waals surface area contributed by atoms with Crippen molar-refractivity contribution in [3.63, 3.8) is 0 Å². The Morgan fingerprint density at radius 2 is 1.63 bits per heavy atom. The summed E-state index contributed by atoms with van der Waals surface area (Å²) in [7, 11) is 0. The lowest BCUT2D eigenvalue weighted by Gasteiger charge is -2.36. The summed E-state index contributed by atoms with van der Waals surface area (Å²) in [6.45, 7) is 9.27. The highest BCUT2D eigenvalue weighted by Gasteiger charge is 2.23. The predicted molar refractivity (Wildman–Crippen MR) is 142 cm³/mol. The first-order valence-corrected chi connectivity index (χ1v) is 12.5. The van der Waals surface area contributed by atoms with Crippen LogP contribution >= 0.6 is 11.6 Å². The third kappa shape index (κ3) is 4.63. The number of rotatable bonds is 5. The van der Waals surface area contributed by atoms with Gasteiger partial charge in [-0.25, -0.2) is 9.67 Å². The maximum absolute atomic E-state index is 13.1. The second kappa shape index (κ2) is 9.70. The molecule has 1 amide bonds. The number of fused-ring (bicyclic) bond motifs is 1. The van der Waals surface area contributed by atoms with Crippen molar-refractivity contribution in [1.29, 1.82) is 0 Å². The zero-order chi connectivity index (χ0) is 24.5. The summed E-state index contributed by atoms with van der Waals surface area (Å²) >= 11 is 6.15. The summed E-state index contributed by atoms with van der Waals surface area (Å²) < 4.78 is 1.92. The minimum Gasteiger partial charge on any atom is -0.368 e. The molecule has 1 aliphatic heterocycles. The van der Waals surface area contributed by atoms with E-state index in [-0.39, 0.29) is 5.91 Å². The quantitative estimate of drug-likeness (QED) is 0.384. The van der Waals surface area contributed by atoms with E-state index in [9.17, 15) is 4.79 Å². The van der Waals surface area contributed by atoms with Crippen LogP contribution in [0.15, 0.2) is 54.6 Å². The number of pyridine rings is 1. The van der Waals surface area contributed by atoms with Gasteiger partial charge in [-0.2, -0.15) is 5.10 Å². The highest BCUT2D eigenvalue weighted by atomic mass is 35.5. The number of hydrogen-bond acceptors (Lipinski definition) is 4. The molecule has 4 aromatic rings. The second-order valence-electron chi connectivity index (χ2n) is 9.18. The summed E-state index contributed by atoms with van der Waals surface area (Å²) in [5.74, 6) is 0.200. The molecule has 0 bridgehead atoms. The van der Waals surface area contributed by atoms with Crippen molar-refractivity contribution in [3.8, 4) is 5.69 Å². The van der Waals surface area contributed by atoms with E-state index >= 15 is 0 Å². The Hall–Kier alpha value is -3.38. The molecule has 0 atom stereocenters. The molecule has 0 aliphatic carbocycles. The van der Waals surface area contributed by atoms with Crippen LogP contribution in [0.5, 0.6) is 0 Å². The van der Waals surface area contributed by atoms with Gasteiger partial charge < -0.3 is 9.80 Å². The molecule has 2 aromatic carbocycles. The van der Waals surface area contributed by atoms with Crippen molar-refractivity contribution in [2.45, 2.75) is 33.6 Å². The van der Waals surface area contributed by atoms with E-state index in [1.165, 1.54) is 5.56 Å². The van der Waals surface area contributed by atoms with Gasteiger partial charge in [0.2, 0.25) is 5.91 Å². The molecule has 0 saturated carbocycles. The van der Waals surface area contributed by atoms with Crippen molar-refractivity contribution in [1.82, 2.24) is 19.7 Å². The van der Waals surface area contributed by atoms with Crippen molar-refractivity contribution in [2.75, 3.05) is 31.1 Å². The largest absolute Gasteiger partial charge is 0.368 e. The Bertz CT molecular complexity index is 1370. The summed E-state index contributed by atoms with van der Waals surface area (Å²) in [6, 6.07) is 18.0. The number of carbonyl (C=O) groups is 1. The number of piperazine rings is 1. The number of carbonyl (C=O) groups excluding carboxylic acids is 1. The Morgan fingerprint density at radius 3 is 2.34 bits per heavy atom. The van der Waals surface area contributed by atoms with Crippen molar-refractivity contribution >= 4 is 34.2 Å². The topological polar surface area (TPSA) is 54.3 Å². The van der Waals surface area contributed by atoms with E-state index in [0.717, 1.165) is 70.6 Å². The molecule has 1 aliphatic rings. The van der Waals surface area contributed by atoms with Gasteiger partial charge in [0.25, 0.3) is 0 Å². The standard InChI is InChI=1S/C28H30ClN5O/c1-19-25(20(2)30-28-27(19)21(3)31-34(28)23-9-5-4-6-10-23)12-13-26(35)33-16-14-32(15-17-33)24-11-7-8-22(29)18-24/h4-11,18H,12-17H2,1-3H3. The minimum atomic E-state index is 0.200. The molecule has 0 spiro atoms. The van der Waals surface area contributed by atoms with E-state index in [1.807, 2.05) is 72.0 Å². The summed E-state index contributed by atoms with van der Waals surface area (Å²) in [6.07, 6.45) is 1.17. The number of aromatic nitrogens is 3. The van der Waals surface area contributed by atoms with Gasteiger partial charge in [-0.3, -0.25) is 4.79 Å². The molecule has 1 saturated heterocycles. The van der Waals surface area contributed by atoms with Gasteiger partial charge in [-0.1, -0.05) is 35.9 Å². The molecular formula is C28H30ClN5O. The SMILES string of the molecule is Cc1nc2c(c(C)nn2-c2ccccc2)c(C)c1CCC(=O)N1CCN(c2cccc(Cl)c2)CC1. The zero-order valence-corrected chi connectivity index (χ0v) is 21.2. The highest BCUT2D eigenvalue weighted by molar-refractivity contribution is 6.30. The van der Waals surface area contributed by atoms with Crippen molar-refractivity contribution in [2.24, 2.45) is 0 Å². The molecule has 6 nitrogen and oxygen atoms in total. The Labute approximate surface area is 211 Å². The van der Waals surface area contributed by atoms with E-state index in [2.05, 4.69) is 17.9 Å². The van der Waals surface area contributed by atoms with Gasteiger partial charge in [-0.05, 0) is 68.7 Å². The van der Waals surface area contributed by atoms with Gasteiger partial charge in [0.1, 0.15) is 0 Å². The first-order chi connectivity index (χ1) is 16.9. The summed E-state index contributed by atoms with van der Waals surface area (Å²) in [5.41, 5.74) is 7.23. The van der Waals surface area contributed by atoms with Crippen LogP contribution in [0.25, 0.3) is 16.7 Å². The number of para-hydroxylation sites is 1. The second-order valence-corrected chi connectivity index (χ2v) is 9.62. The zero-order valence-electron chi connectivity index (χ0n) is 20.5. The van der Waals surface area contributed by atoms with E-state index in [4.69, 9.17) is 21.7 Å². The molecule has 0 unspecified atom stereocenters. The van der Waals surface area contributed by atoms with Crippen molar-refractivity contribution in [3.05, 3.63) is 82.1 Å². The van der Waals surface area contributed by atoms with Gasteiger partial charge in [-0.15, -0.1) is 0 Å². The lowest BCUT2D eigenvalue weighted by atomic mass is 9.99. The number of anilines is 1. The smallest absolute Gasteiger partial charge is 0.223 e. The van der Waals surface area contributed by atoms with Crippen LogP contribution in [-0.2, 0) is 11.2 Å².